The second kappa shape index (κ2) is 7.51. The number of fused-ring (bicyclic) bond motifs is 1. The Hall–Kier alpha value is -3.07. The first-order valence-electron chi connectivity index (χ1n) is 11.0. The van der Waals surface area contributed by atoms with E-state index in [0.717, 1.165) is 19.3 Å². The molecule has 1 saturated heterocycles. The van der Waals surface area contributed by atoms with E-state index in [2.05, 4.69) is 10.1 Å². The normalized spacial score (nSPS) is 19.7. The molecule has 0 spiro atoms. The molecule has 5 rings (SSSR count). The lowest BCUT2D eigenvalue weighted by Crippen LogP contribution is -2.54. The van der Waals surface area contributed by atoms with Crippen LogP contribution in [0.5, 0.6) is 0 Å². The van der Waals surface area contributed by atoms with Gasteiger partial charge in [0, 0.05) is 18.5 Å². The summed E-state index contributed by atoms with van der Waals surface area (Å²) in [6.07, 6.45) is 6.63. The van der Waals surface area contributed by atoms with E-state index in [9.17, 15) is 19.1 Å². The molecule has 168 valence electrons. The van der Waals surface area contributed by atoms with Crippen LogP contribution in [0.2, 0.25) is 0 Å². The average molecular weight is 439 g/mol. The van der Waals surface area contributed by atoms with E-state index < -0.39 is 5.60 Å². The topological polar surface area (TPSA) is 93.2 Å². The van der Waals surface area contributed by atoms with Crippen LogP contribution in [0, 0.1) is 11.2 Å². The van der Waals surface area contributed by atoms with Gasteiger partial charge in [0.15, 0.2) is 5.65 Å². The van der Waals surface area contributed by atoms with Crippen molar-refractivity contribution in [3.63, 3.8) is 0 Å². The summed E-state index contributed by atoms with van der Waals surface area (Å²) in [5, 5.41) is 15.7. The summed E-state index contributed by atoms with van der Waals surface area (Å²) in [5.41, 5.74) is -0.645. The van der Waals surface area contributed by atoms with E-state index >= 15 is 0 Å². The lowest BCUT2D eigenvalue weighted by molar-refractivity contribution is -0.150. The fourth-order valence-electron chi connectivity index (χ4n) is 4.74. The van der Waals surface area contributed by atoms with Crippen LogP contribution < -0.4 is 5.56 Å². The Kier molecular flexibility index (Phi) is 4.88. The molecule has 1 saturated carbocycles. The zero-order valence-corrected chi connectivity index (χ0v) is 18.0. The van der Waals surface area contributed by atoms with Gasteiger partial charge < -0.3 is 10.0 Å². The quantitative estimate of drug-likeness (QED) is 0.673. The van der Waals surface area contributed by atoms with Crippen LogP contribution in [0.15, 0.2) is 41.6 Å². The third-order valence-corrected chi connectivity index (χ3v) is 7.05. The molecule has 3 aromatic rings. The van der Waals surface area contributed by atoms with Crippen LogP contribution in [0.3, 0.4) is 0 Å². The van der Waals surface area contributed by atoms with Gasteiger partial charge in [0.1, 0.15) is 17.5 Å². The smallest absolute Gasteiger partial charge is 0.264 e. The van der Waals surface area contributed by atoms with Crippen LogP contribution in [0.1, 0.15) is 39.0 Å². The summed E-state index contributed by atoms with van der Waals surface area (Å²) in [6, 6.07) is 5.78. The number of benzene rings is 1. The fraction of sp³-hybridized carbons (Fsp3) is 0.478. The standard InChI is InChI=1S/C23H26FN5O3/c1-22(7-2-8-22)21(31)27-11-9-23(32,10-12-27)14-28-15-25-19-18(20(28)30)13-26-29(19)17-5-3-16(24)4-6-17/h3-6,13,15,32H,2,7-12,14H2,1H3. The monoisotopic (exact) mass is 439 g/mol. The minimum atomic E-state index is -1.08. The third-order valence-electron chi connectivity index (χ3n) is 7.05. The second-order valence-corrected chi connectivity index (χ2v) is 9.38. The molecule has 0 unspecified atom stereocenters. The molecule has 2 aromatic heterocycles. The first-order valence-corrected chi connectivity index (χ1v) is 11.0. The molecule has 3 heterocycles. The summed E-state index contributed by atoms with van der Waals surface area (Å²) in [5.74, 6) is -0.178. The number of aromatic nitrogens is 4. The number of hydrogen-bond donors (Lipinski definition) is 1. The van der Waals surface area contributed by atoms with Crippen molar-refractivity contribution in [2.24, 2.45) is 5.41 Å². The van der Waals surface area contributed by atoms with E-state index in [1.54, 1.807) is 12.1 Å². The lowest BCUT2D eigenvalue weighted by atomic mass is 9.69. The molecule has 32 heavy (non-hydrogen) atoms. The summed E-state index contributed by atoms with van der Waals surface area (Å²) in [4.78, 5) is 32.0. The van der Waals surface area contributed by atoms with Crippen LogP contribution in [0.4, 0.5) is 4.39 Å². The largest absolute Gasteiger partial charge is 0.388 e. The van der Waals surface area contributed by atoms with Crippen molar-refractivity contribution in [1.29, 1.82) is 0 Å². The number of nitrogens with zero attached hydrogens (tertiary/aromatic N) is 5. The molecule has 1 amide bonds. The molecule has 1 aliphatic carbocycles. The molecule has 2 aliphatic rings. The van der Waals surface area contributed by atoms with Crippen molar-refractivity contribution < 1.29 is 14.3 Å². The summed E-state index contributed by atoms with van der Waals surface area (Å²) < 4.78 is 16.1. The van der Waals surface area contributed by atoms with Crippen molar-refractivity contribution in [3.05, 3.63) is 53.0 Å². The number of hydrogen-bond acceptors (Lipinski definition) is 5. The fourth-order valence-corrected chi connectivity index (χ4v) is 4.74. The molecule has 0 radical (unpaired) electrons. The van der Waals surface area contributed by atoms with E-state index in [-0.39, 0.29) is 29.2 Å². The zero-order chi connectivity index (χ0) is 22.5. The third kappa shape index (κ3) is 3.50. The van der Waals surface area contributed by atoms with Crippen molar-refractivity contribution in [2.75, 3.05) is 13.1 Å². The van der Waals surface area contributed by atoms with Crippen molar-refractivity contribution in [2.45, 2.75) is 51.2 Å². The van der Waals surface area contributed by atoms with Gasteiger partial charge in [-0.15, -0.1) is 0 Å². The summed E-state index contributed by atoms with van der Waals surface area (Å²) in [6.45, 7) is 3.09. The van der Waals surface area contributed by atoms with Gasteiger partial charge in [-0.3, -0.25) is 14.2 Å². The van der Waals surface area contributed by atoms with E-state index in [0.29, 0.717) is 42.7 Å². The lowest BCUT2D eigenvalue weighted by Gasteiger charge is -2.45. The van der Waals surface area contributed by atoms with E-state index in [1.165, 1.54) is 33.9 Å². The molecule has 2 fully saturated rings. The first-order chi connectivity index (χ1) is 15.3. The Labute approximate surface area is 184 Å². The highest BCUT2D eigenvalue weighted by Crippen LogP contribution is 2.42. The Bertz CT molecular complexity index is 1220. The van der Waals surface area contributed by atoms with Gasteiger partial charge in [0.05, 0.1) is 24.0 Å². The van der Waals surface area contributed by atoms with Crippen LogP contribution in [-0.2, 0) is 11.3 Å². The van der Waals surface area contributed by atoms with Crippen LogP contribution >= 0.6 is 0 Å². The molecular formula is C23H26FN5O3. The number of aliphatic hydroxyl groups is 1. The summed E-state index contributed by atoms with van der Waals surface area (Å²) in [7, 11) is 0. The number of likely N-dealkylation sites (tertiary alicyclic amines) is 1. The molecule has 1 aromatic carbocycles. The minimum Gasteiger partial charge on any atom is -0.388 e. The average Bonchev–Trinajstić information content (AvgIpc) is 3.19. The van der Waals surface area contributed by atoms with Crippen molar-refractivity contribution in [1.82, 2.24) is 24.2 Å². The summed E-state index contributed by atoms with van der Waals surface area (Å²) >= 11 is 0. The van der Waals surface area contributed by atoms with Gasteiger partial charge in [-0.25, -0.2) is 14.1 Å². The maximum Gasteiger partial charge on any atom is 0.264 e. The molecule has 9 heteroatoms. The zero-order valence-electron chi connectivity index (χ0n) is 18.0. The van der Waals surface area contributed by atoms with Gasteiger partial charge in [-0.1, -0.05) is 13.3 Å². The SMILES string of the molecule is CC1(C(=O)N2CCC(O)(Cn3cnc4c(cnn4-c4ccc(F)cc4)c3=O)CC2)CCC1. The molecular weight excluding hydrogens is 413 g/mol. The number of piperidine rings is 1. The Morgan fingerprint density at radius 1 is 1.16 bits per heavy atom. The number of carbonyl (C=O) groups is 1. The predicted molar refractivity (Wildman–Crippen MR) is 116 cm³/mol. The van der Waals surface area contributed by atoms with Gasteiger partial charge in [-0.2, -0.15) is 5.10 Å². The Balaban J connectivity index is 1.33. The molecule has 1 N–H and O–H groups in total. The number of rotatable bonds is 4. The predicted octanol–water partition coefficient (Wildman–Crippen LogP) is 2.26. The number of carbonyl (C=O) groups excluding carboxylic acids is 1. The second-order valence-electron chi connectivity index (χ2n) is 9.38. The maximum atomic E-state index is 13.2. The van der Waals surface area contributed by atoms with Gasteiger partial charge in [0.25, 0.3) is 5.56 Å². The highest BCUT2D eigenvalue weighted by Gasteiger charge is 2.44. The van der Waals surface area contributed by atoms with E-state index in [1.807, 2.05) is 11.8 Å². The van der Waals surface area contributed by atoms with Crippen molar-refractivity contribution >= 4 is 16.9 Å². The Morgan fingerprint density at radius 3 is 2.47 bits per heavy atom. The molecule has 1 aliphatic heterocycles. The molecule has 8 nitrogen and oxygen atoms in total. The highest BCUT2D eigenvalue weighted by atomic mass is 19.1. The van der Waals surface area contributed by atoms with Gasteiger partial charge in [0.2, 0.25) is 5.91 Å². The van der Waals surface area contributed by atoms with Crippen LogP contribution in [0.25, 0.3) is 16.7 Å². The highest BCUT2D eigenvalue weighted by molar-refractivity contribution is 5.83. The van der Waals surface area contributed by atoms with Gasteiger partial charge >= 0.3 is 0 Å². The van der Waals surface area contributed by atoms with Gasteiger partial charge in [-0.05, 0) is 49.9 Å². The molecule has 0 atom stereocenters. The van der Waals surface area contributed by atoms with Crippen molar-refractivity contribution in [3.8, 4) is 5.69 Å². The first kappa shape index (κ1) is 20.8. The number of halogens is 1. The number of amides is 1. The molecule has 0 bridgehead atoms. The van der Waals surface area contributed by atoms with E-state index in [4.69, 9.17) is 0 Å². The van der Waals surface area contributed by atoms with Crippen LogP contribution in [-0.4, -0.2) is 53.9 Å². The maximum absolute atomic E-state index is 13.2. The minimum absolute atomic E-state index is 0.107. The Morgan fingerprint density at radius 2 is 1.84 bits per heavy atom.